The molecule has 0 aromatic rings. The number of alkyl halides is 1. The minimum absolute atomic E-state index is 0.189. The van der Waals surface area contributed by atoms with E-state index >= 15 is 0 Å². The lowest BCUT2D eigenvalue weighted by molar-refractivity contribution is -0.146. The van der Waals surface area contributed by atoms with Crippen LogP contribution in [0.15, 0.2) is 0 Å². The Morgan fingerprint density at radius 1 is 1.40 bits per heavy atom. The quantitative estimate of drug-likeness (QED) is 0.529. The first-order valence-corrected chi connectivity index (χ1v) is 6.50. The number of rotatable bonds is 7. The van der Waals surface area contributed by atoms with E-state index in [1.54, 1.807) is 7.11 Å². The van der Waals surface area contributed by atoms with Crippen molar-refractivity contribution in [1.29, 1.82) is 0 Å². The highest BCUT2D eigenvalue weighted by atomic mass is 79.9. The highest BCUT2D eigenvalue weighted by molar-refractivity contribution is 9.09. The average molecular weight is 281 g/mol. The van der Waals surface area contributed by atoms with E-state index in [0.29, 0.717) is 24.1 Å². The zero-order chi connectivity index (χ0) is 11.3. The van der Waals surface area contributed by atoms with Crippen LogP contribution in [0.1, 0.15) is 26.7 Å². The minimum Gasteiger partial charge on any atom is -0.382 e. The zero-order valence-corrected chi connectivity index (χ0v) is 11.3. The molecule has 0 heterocycles. The summed E-state index contributed by atoms with van der Waals surface area (Å²) in [5.41, 5.74) is 0. The van der Waals surface area contributed by atoms with E-state index in [4.69, 9.17) is 14.2 Å². The van der Waals surface area contributed by atoms with Gasteiger partial charge >= 0.3 is 0 Å². The third-order valence-electron chi connectivity index (χ3n) is 2.76. The summed E-state index contributed by atoms with van der Waals surface area (Å²) < 4.78 is 16.5. The van der Waals surface area contributed by atoms with Gasteiger partial charge in [0.05, 0.1) is 31.5 Å². The molecule has 0 radical (unpaired) electrons. The Balaban J connectivity index is 2.21. The van der Waals surface area contributed by atoms with Gasteiger partial charge in [0.1, 0.15) is 0 Å². The summed E-state index contributed by atoms with van der Waals surface area (Å²) in [6.07, 6.45) is 2.86. The third kappa shape index (κ3) is 4.02. The molecule has 3 nitrogen and oxygen atoms in total. The Kier molecular flexibility index (Phi) is 6.12. The lowest BCUT2D eigenvalue weighted by atomic mass is 9.91. The first kappa shape index (κ1) is 13.4. The largest absolute Gasteiger partial charge is 0.382 e. The second kappa shape index (κ2) is 6.84. The van der Waals surface area contributed by atoms with E-state index in [1.807, 2.05) is 0 Å². The molecule has 1 aliphatic carbocycles. The smallest absolute Gasteiger partial charge is 0.0963 e. The highest BCUT2D eigenvalue weighted by Crippen LogP contribution is 2.34. The molecule has 1 aliphatic rings. The predicted octanol–water partition coefficient (Wildman–Crippen LogP) is 2.37. The number of hydrogen-bond acceptors (Lipinski definition) is 3. The van der Waals surface area contributed by atoms with Gasteiger partial charge in [0.15, 0.2) is 0 Å². The second-order valence-corrected chi connectivity index (χ2v) is 5.15. The molecular formula is C11H21BrO3. The lowest BCUT2D eigenvalue weighted by Gasteiger charge is -2.42. The molecule has 4 unspecified atom stereocenters. The van der Waals surface area contributed by atoms with E-state index in [9.17, 15) is 0 Å². The van der Waals surface area contributed by atoms with E-state index in [2.05, 4.69) is 29.8 Å². The normalized spacial score (nSPS) is 32.4. The summed E-state index contributed by atoms with van der Waals surface area (Å²) in [5, 5.41) is 0. The van der Waals surface area contributed by atoms with Gasteiger partial charge in [-0.15, -0.1) is 0 Å². The summed E-state index contributed by atoms with van der Waals surface area (Å²) in [6, 6.07) is 0. The fraction of sp³-hybridized carbons (Fsp3) is 1.00. The highest BCUT2D eigenvalue weighted by Gasteiger charge is 2.41. The van der Waals surface area contributed by atoms with Crippen LogP contribution in [0.5, 0.6) is 0 Å². The van der Waals surface area contributed by atoms with Gasteiger partial charge in [-0.3, -0.25) is 0 Å². The Bertz CT molecular complexity index is 177. The maximum absolute atomic E-state index is 5.85. The van der Waals surface area contributed by atoms with Crippen LogP contribution in [0.4, 0.5) is 0 Å². The Morgan fingerprint density at radius 2 is 2.13 bits per heavy atom. The SMILES string of the molecule is CCC(C)OC1CC(Br)C1OCCOC. The Morgan fingerprint density at radius 3 is 2.67 bits per heavy atom. The van der Waals surface area contributed by atoms with Gasteiger partial charge in [-0.1, -0.05) is 22.9 Å². The molecule has 0 bridgehead atoms. The third-order valence-corrected chi connectivity index (χ3v) is 3.66. The van der Waals surface area contributed by atoms with E-state index in [1.165, 1.54) is 0 Å². The van der Waals surface area contributed by atoms with E-state index in [-0.39, 0.29) is 12.2 Å². The van der Waals surface area contributed by atoms with Gasteiger partial charge in [0.2, 0.25) is 0 Å². The molecule has 0 N–H and O–H groups in total. The van der Waals surface area contributed by atoms with Crippen molar-refractivity contribution in [2.75, 3.05) is 20.3 Å². The van der Waals surface area contributed by atoms with Gasteiger partial charge in [0, 0.05) is 11.9 Å². The summed E-state index contributed by atoms with van der Waals surface area (Å²) in [5.74, 6) is 0. The van der Waals surface area contributed by atoms with Crippen LogP contribution in [0.2, 0.25) is 0 Å². The molecule has 1 rings (SSSR count). The Hall–Kier alpha value is 0.360. The molecule has 4 heteroatoms. The van der Waals surface area contributed by atoms with Crippen molar-refractivity contribution in [2.45, 2.75) is 49.8 Å². The topological polar surface area (TPSA) is 27.7 Å². The number of methoxy groups -OCH3 is 1. The predicted molar refractivity (Wildman–Crippen MR) is 63.6 cm³/mol. The molecule has 0 aromatic heterocycles. The van der Waals surface area contributed by atoms with E-state index in [0.717, 1.165) is 12.8 Å². The molecule has 15 heavy (non-hydrogen) atoms. The monoisotopic (exact) mass is 280 g/mol. The fourth-order valence-electron chi connectivity index (χ4n) is 1.53. The van der Waals surface area contributed by atoms with Crippen LogP contribution in [0.3, 0.4) is 0 Å². The number of hydrogen-bond donors (Lipinski definition) is 0. The van der Waals surface area contributed by atoms with E-state index < -0.39 is 0 Å². The van der Waals surface area contributed by atoms with Gasteiger partial charge < -0.3 is 14.2 Å². The Labute approximate surface area is 101 Å². The molecule has 90 valence electrons. The van der Waals surface area contributed by atoms with Crippen LogP contribution < -0.4 is 0 Å². The number of ether oxygens (including phenoxy) is 3. The van der Waals surface area contributed by atoms with Crippen LogP contribution >= 0.6 is 15.9 Å². The van der Waals surface area contributed by atoms with Gasteiger partial charge in [-0.2, -0.15) is 0 Å². The van der Waals surface area contributed by atoms with Gasteiger partial charge in [0.25, 0.3) is 0 Å². The lowest BCUT2D eigenvalue weighted by Crippen LogP contribution is -2.52. The van der Waals surface area contributed by atoms with Crippen molar-refractivity contribution >= 4 is 15.9 Å². The average Bonchev–Trinajstić information content (AvgIpc) is 2.23. The fourth-order valence-corrected chi connectivity index (χ4v) is 2.40. The minimum atomic E-state index is 0.189. The molecule has 1 saturated carbocycles. The van der Waals surface area contributed by atoms with Crippen molar-refractivity contribution < 1.29 is 14.2 Å². The molecule has 0 spiro atoms. The van der Waals surface area contributed by atoms with Crippen molar-refractivity contribution in [3.8, 4) is 0 Å². The summed E-state index contributed by atoms with van der Waals surface area (Å²) in [4.78, 5) is 0.434. The van der Waals surface area contributed by atoms with Gasteiger partial charge in [-0.05, 0) is 19.8 Å². The van der Waals surface area contributed by atoms with Crippen LogP contribution in [0, 0.1) is 0 Å². The molecule has 1 fully saturated rings. The first-order chi connectivity index (χ1) is 7.19. The van der Waals surface area contributed by atoms with Crippen LogP contribution in [-0.2, 0) is 14.2 Å². The summed E-state index contributed by atoms with van der Waals surface area (Å²) in [7, 11) is 1.68. The van der Waals surface area contributed by atoms with Crippen LogP contribution in [0.25, 0.3) is 0 Å². The zero-order valence-electron chi connectivity index (χ0n) is 9.74. The molecule has 4 atom stereocenters. The van der Waals surface area contributed by atoms with Gasteiger partial charge in [-0.25, -0.2) is 0 Å². The molecule has 0 amide bonds. The van der Waals surface area contributed by atoms with Crippen molar-refractivity contribution in [2.24, 2.45) is 0 Å². The van der Waals surface area contributed by atoms with Crippen molar-refractivity contribution in [3.05, 3.63) is 0 Å². The summed E-state index contributed by atoms with van der Waals surface area (Å²) >= 11 is 3.59. The molecule has 0 aromatic carbocycles. The molecular weight excluding hydrogens is 260 g/mol. The second-order valence-electron chi connectivity index (χ2n) is 3.97. The number of halogens is 1. The summed E-state index contributed by atoms with van der Waals surface area (Å²) in [6.45, 7) is 5.53. The molecule has 0 aliphatic heterocycles. The van der Waals surface area contributed by atoms with Crippen molar-refractivity contribution in [3.63, 3.8) is 0 Å². The maximum Gasteiger partial charge on any atom is 0.0963 e. The maximum atomic E-state index is 5.85. The molecule has 0 saturated heterocycles. The van der Waals surface area contributed by atoms with Crippen LogP contribution in [-0.4, -0.2) is 43.5 Å². The standard InChI is InChI=1S/C11H21BrO3/c1-4-8(2)15-10-7-9(12)11(10)14-6-5-13-3/h8-11H,4-7H2,1-3H3. The van der Waals surface area contributed by atoms with Crippen molar-refractivity contribution in [1.82, 2.24) is 0 Å². The first-order valence-electron chi connectivity index (χ1n) is 5.59.